The number of aliphatic hydroxyl groups excluding tert-OH is 1. The Balaban J connectivity index is 1.44. The number of amides is 2. The van der Waals surface area contributed by atoms with Gasteiger partial charge in [-0.15, -0.1) is 0 Å². The van der Waals surface area contributed by atoms with Crippen LogP contribution in [0.5, 0.6) is 0 Å². The third-order valence-electron chi connectivity index (χ3n) is 6.64. The topological polar surface area (TPSA) is 113 Å². The smallest absolute Gasteiger partial charge is 0.322 e. The first-order chi connectivity index (χ1) is 17.1. The number of urea groups is 1. The lowest BCUT2D eigenvalue weighted by molar-refractivity contribution is -0.0679. The minimum atomic E-state index is -3.68. The highest BCUT2D eigenvalue weighted by Crippen LogP contribution is 2.32. The van der Waals surface area contributed by atoms with E-state index in [0.29, 0.717) is 56.3 Å². The van der Waals surface area contributed by atoms with Crippen LogP contribution in [0.25, 0.3) is 0 Å². The summed E-state index contributed by atoms with van der Waals surface area (Å²) in [6, 6.07) is 11.2. The van der Waals surface area contributed by atoms with Crippen LogP contribution in [0.3, 0.4) is 0 Å². The summed E-state index contributed by atoms with van der Waals surface area (Å²) >= 11 is 6.10. The van der Waals surface area contributed by atoms with E-state index in [2.05, 4.69) is 10.2 Å². The number of rotatable bonds is 7. The number of halogens is 1. The predicted molar refractivity (Wildman–Crippen MR) is 140 cm³/mol. The lowest BCUT2D eigenvalue weighted by Gasteiger charge is -2.35. The van der Waals surface area contributed by atoms with Crippen molar-refractivity contribution < 1.29 is 23.4 Å². The van der Waals surface area contributed by atoms with Gasteiger partial charge < -0.3 is 20.4 Å². The molecule has 2 heterocycles. The zero-order valence-corrected chi connectivity index (χ0v) is 22.0. The number of benzene rings is 2. The normalized spacial score (nSPS) is 17.5. The summed E-state index contributed by atoms with van der Waals surface area (Å²) in [7, 11) is -3.68. The SMILES string of the molecule is CC(C)CC(NC(=O)N1CCc2cc(S(=O)(=O)N3CCN(c4cccc(Cl)c4)CC3)ccc21)C(O)O. The summed E-state index contributed by atoms with van der Waals surface area (Å²) in [5.41, 5.74) is 2.38. The number of piperazine rings is 1. The Bertz CT molecular complexity index is 1200. The van der Waals surface area contributed by atoms with Crippen molar-refractivity contribution in [2.45, 2.75) is 43.9 Å². The van der Waals surface area contributed by atoms with Crippen LogP contribution in [-0.4, -0.2) is 74.0 Å². The van der Waals surface area contributed by atoms with E-state index in [1.165, 1.54) is 15.3 Å². The number of anilines is 2. The number of carbonyl (C=O) groups is 1. The molecule has 2 aromatic rings. The van der Waals surface area contributed by atoms with Crippen molar-refractivity contribution in [1.29, 1.82) is 0 Å². The Kier molecular flexibility index (Phi) is 8.11. The third kappa shape index (κ3) is 5.78. The minimum absolute atomic E-state index is 0.170. The van der Waals surface area contributed by atoms with E-state index in [-0.39, 0.29) is 10.8 Å². The molecule has 11 heteroatoms. The maximum atomic E-state index is 13.4. The summed E-state index contributed by atoms with van der Waals surface area (Å²) in [6.07, 6.45) is -0.720. The molecule has 1 saturated heterocycles. The number of sulfonamides is 1. The lowest BCUT2D eigenvalue weighted by Crippen LogP contribution is -2.49. The summed E-state index contributed by atoms with van der Waals surface area (Å²) in [5.74, 6) is 0.170. The Labute approximate surface area is 217 Å². The van der Waals surface area contributed by atoms with E-state index in [1.807, 2.05) is 38.1 Å². The molecule has 0 saturated carbocycles. The minimum Gasteiger partial charge on any atom is -0.369 e. The second kappa shape index (κ2) is 10.9. The average Bonchev–Trinajstić information content (AvgIpc) is 3.27. The highest BCUT2D eigenvalue weighted by molar-refractivity contribution is 7.89. The van der Waals surface area contributed by atoms with Gasteiger partial charge >= 0.3 is 6.03 Å². The number of carbonyl (C=O) groups excluding carboxylic acids is 1. The molecule has 0 bridgehead atoms. The fourth-order valence-electron chi connectivity index (χ4n) is 4.76. The lowest BCUT2D eigenvalue weighted by atomic mass is 10.0. The zero-order chi connectivity index (χ0) is 26.0. The molecular formula is C25H33ClN4O5S. The summed E-state index contributed by atoms with van der Waals surface area (Å²) in [5, 5.41) is 22.6. The van der Waals surface area contributed by atoms with Gasteiger partial charge in [0.25, 0.3) is 0 Å². The summed E-state index contributed by atoms with van der Waals surface area (Å²) in [4.78, 5) is 16.7. The van der Waals surface area contributed by atoms with Crippen molar-refractivity contribution >= 4 is 39.0 Å². The third-order valence-corrected chi connectivity index (χ3v) is 8.77. The van der Waals surface area contributed by atoms with Crippen LogP contribution in [0.1, 0.15) is 25.8 Å². The standard InChI is InChI=1S/C25H33ClN4O5S/c1-17(2)14-22(24(31)32)27-25(33)30-9-8-18-15-21(6-7-23(18)30)36(34,35)29-12-10-28(11-13-29)20-5-3-4-19(26)16-20/h3-7,15-17,22,24,31-32H,8-14H2,1-2H3,(H,27,33). The van der Waals surface area contributed by atoms with Gasteiger partial charge in [-0.25, -0.2) is 13.2 Å². The van der Waals surface area contributed by atoms with Crippen LogP contribution in [0.2, 0.25) is 5.02 Å². The van der Waals surface area contributed by atoms with Gasteiger partial charge in [0.05, 0.1) is 10.9 Å². The zero-order valence-electron chi connectivity index (χ0n) is 20.5. The molecule has 1 fully saturated rings. The van der Waals surface area contributed by atoms with Crippen molar-refractivity contribution in [2.75, 3.05) is 42.5 Å². The second-order valence-electron chi connectivity index (χ2n) is 9.66. The molecule has 0 aromatic heterocycles. The highest BCUT2D eigenvalue weighted by Gasteiger charge is 2.32. The van der Waals surface area contributed by atoms with E-state index in [4.69, 9.17) is 11.6 Å². The molecule has 196 valence electrons. The maximum Gasteiger partial charge on any atom is 0.322 e. The maximum absolute atomic E-state index is 13.4. The van der Waals surface area contributed by atoms with Gasteiger partial charge in [-0.05, 0) is 60.7 Å². The van der Waals surface area contributed by atoms with E-state index < -0.39 is 28.4 Å². The molecule has 2 amide bonds. The van der Waals surface area contributed by atoms with Crippen molar-refractivity contribution in [3.63, 3.8) is 0 Å². The summed E-state index contributed by atoms with van der Waals surface area (Å²) in [6.45, 7) is 6.11. The van der Waals surface area contributed by atoms with E-state index in [9.17, 15) is 23.4 Å². The fraction of sp³-hybridized carbons (Fsp3) is 0.480. The van der Waals surface area contributed by atoms with Crippen molar-refractivity contribution in [2.24, 2.45) is 5.92 Å². The fourth-order valence-corrected chi connectivity index (χ4v) is 6.42. The quantitative estimate of drug-likeness (QED) is 0.469. The molecule has 3 N–H and O–H groups in total. The first-order valence-electron chi connectivity index (χ1n) is 12.1. The first-order valence-corrected chi connectivity index (χ1v) is 14.0. The van der Waals surface area contributed by atoms with Gasteiger partial charge in [-0.1, -0.05) is 31.5 Å². The largest absolute Gasteiger partial charge is 0.369 e. The molecule has 9 nitrogen and oxygen atoms in total. The number of hydrogen-bond acceptors (Lipinski definition) is 6. The molecular weight excluding hydrogens is 504 g/mol. The molecule has 2 aliphatic rings. The van der Waals surface area contributed by atoms with Crippen LogP contribution in [0.15, 0.2) is 47.4 Å². The van der Waals surface area contributed by atoms with Crippen LogP contribution in [-0.2, 0) is 16.4 Å². The predicted octanol–water partition coefficient (Wildman–Crippen LogP) is 2.65. The monoisotopic (exact) mass is 536 g/mol. The molecule has 1 atom stereocenters. The number of fused-ring (bicyclic) bond motifs is 1. The molecule has 0 spiro atoms. The van der Waals surface area contributed by atoms with Gasteiger partial charge in [0.1, 0.15) is 0 Å². The molecule has 2 aliphatic heterocycles. The van der Waals surface area contributed by atoms with E-state index in [1.54, 1.807) is 12.1 Å². The Hall–Kier alpha value is -2.37. The number of aliphatic hydroxyl groups is 2. The van der Waals surface area contributed by atoms with E-state index >= 15 is 0 Å². The van der Waals surface area contributed by atoms with Crippen LogP contribution in [0, 0.1) is 5.92 Å². The summed E-state index contributed by atoms with van der Waals surface area (Å²) < 4.78 is 28.2. The Morgan fingerprint density at radius 2 is 1.78 bits per heavy atom. The number of nitrogens with zero attached hydrogens (tertiary/aromatic N) is 3. The highest BCUT2D eigenvalue weighted by atomic mass is 35.5. The molecule has 2 aromatic carbocycles. The van der Waals surface area contributed by atoms with Crippen molar-refractivity contribution in [3.05, 3.63) is 53.1 Å². The number of nitrogens with one attached hydrogen (secondary N) is 1. The van der Waals surface area contributed by atoms with Crippen LogP contribution < -0.4 is 15.1 Å². The molecule has 36 heavy (non-hydrogen) atoms. The molecule has 4 rings (SSSR count). The molecule has 1 unspecified atom stereocenters. The van der Waals surface area contributed by atoms with Gasteiger partial charge in [-0.3, -0.25) is 4.90 Å². The molecule has 0 aliphatic carbocycles. The van der Waals surface area contributed by atoms with Crippen LogP contribution >= 0.6 is 11.6 Å². The van der Waals surface area contributed by atoms with Gasteiger partial charge in [0.2, 0.25) is 10.0 Å². The van der Waals surface area contributed by atoms with Crippen molar-refractivity contribution in [3.8, 4) is 0 Å². The Morgan fingerprint density at radius 1 is 1.06 bits per heavy atom. The van der Waals surface area contributed by atoms with E-state index in [0.717, 1.165) is 11.3 Å². The van der Waals surface area contributed by atoms with Crippen LogP contribution in [0.4, 0.5) is 16.2 Å². The first kappa shape index (κ1) is 26.7. The number of hydrogen-bond donors (Lipinski definition) is 3. The van der Waals surface area contributed by atoms with Gasteiger partial charge in [0, 0.05) is 49.1 Å². The van der Waals surface area contributed by atoms with Crippen molar-refractivity contribution in [1.82, 2.24) is 9.62 Å². The van der Waals surface area contributed by atoms with Gasteiger partial charge in [-0.2, -0.15) is 4.31 Å². The average molecular weight is 537 g/mol. The Morgan fingerprint density at radius 3 is 2.42 bits per heavy atom. The second-order valence-corrected chi connectivity index (χ2v) is 12.0. The molecule has 0 radical (unpaired) electrons. The van der Waals surface area contributed by atoms with Gasteiger partial charge in [0.15, 0.2) is 6.29 Å².